The molecule has 0 aliphatic heterocycles. The summed E-state index contributed by atoms with van der Waals surface area (Å²) in [6.45, 7) is 5.84. The Balaban J connectivity index is 3.03. The highest BCUT2D eigenvalue weighted by Gasteiger charge is 2.34. The number of halogens is 1. The number of aromatic nitrogens is 2. The summed E-state index contributed by atoms with van der Waals surface area (Å²) in [6.07, 6.45) is 0. The average molecular weight is 260 g/mol. The smallest absolute Gasteiger partial charge is 0.327 e. The fraction of sp³-hybridized carbons (Fsp3) is 0.636. The Labute approximate surface area is 106 Å². The molecular formula is C11H18ClN3O2. The molecule has 0 spiro atoms. The molecule has 0 saturated carbocycles. The molecule has 1 aromatic heterocycles. The third kappa shape index (κ3) is 2.61. The summed E-state index contributed by atoms with van der Waals surface area (Å²) in [7, 11) is 3.08. The number of hydrogen-bond donors (Lipinski definition) is 1. The number of likely N-dealkylation sites (N-methyl/N-ethyl adjacent to an activating group) is 1. The zero-order valence-corrected chi connectivity index (χ0v) is 11.6. The maximum atomic E-state index is 11.7. The molecule has 0 amide bonds. The Kier molecular flexibility index (Phi) is 4.16. The number of carbonyl (C=O) groups is 1. The molecule has 17 heavy (non-hydrogen) atoms. The van der Waals surface area contributed by atoms with E-state index in [0.29, 0.717) is 11.6 Å². The number of nitrogens with one attached hydrogen (secondary N) is 1. The van der Waals surface area contributed by atoms with Gasteiger partial charge in [-0.05, 0) is 27.8 Å². The third-order valence-electron chi connectivity index (χ3n) is 2.95. The Morgan fingerprint density at radius 2 is 2.18 bits per heavy atom. The zero-order valence-electron chi connectivity index (χ0n) is 10.8. The third-order valence-corrected chi connectivity index (χ3v) is 3.49. The van der Waals surface area contributed by atoms with Gasteiger partial charge in [0.1, 0.15) is 5.54 Å². The van der Waals surface area contributed by atoms with Crippen LogP contribution in [0.1, 0.15) is 18.3 Å². The van der Waals surface area contributed by atoms with Crippen molar-refractivity contribution in [1.29, 1.82) is 0 Å². The van der Waals surface area contributed by atoms with E-state index in [1.807, 2.05) is 13.8 Å². The van der Waals surface area contributed by atoms with Crippen molar-refractivity contribution in [2.75, 3.05) is 14.2 Å². The van der Waals surface area contributed by atoms with Crippen molar-refractivity contribution >= 4 is 17.6 Å². The van der Waals surface area contributed by atoms with Gasteiger partial charge in [0.05, 0.1) is 30.1 Å². The van der Waals surface area contributed by atoms with Gasteiger partial charge in [-0.25, -0.2) is 4.79 Å². The minimum atomic E-state index is -0.818. The van der Waals surface area contributed by atoms with Crippen LogP contribution in [0, 0.1) is 13.8 Å². The number of methoxy groups -OCH3 is 1. The number of hydrogen-bond acceptors (Lipinski definition) is 4. The number of ether oxygens (including phenoxy) is 1. The largest absolute Gasteiger partial charge is 0.468 e. The van der Waals surface area contributed by atoms with Gasteiger partial charge in [0, 0.05) is 0 Å². The average Bonchev–Trinajstić information content (AvgIpc) is 2.55. The van der Waals surface area contributed by atoms with Gasteiger partial charge in [0.25, 0.3) is 0 Å². The number of aryl methyl sites for hydroxylation is 1. The number of nitrogens with zero attached hydrogens (tertiary/aromatic N) is 2. The van der Waals surface area contributed by atoms with Gasteiger partial charge in [0.15, 0.2) is 0 Å². The molecule has 1 heterocycles. The molecule has 0 aliphatic rings. The first-order valence-corrected chi connectivity index (χ1v) is 5.70. The summed E-state index contributed by atoms with van der Waals surface area (Å²) >= 11 is 6.06. The van der Waals surface area contributed by atoms with Crippen molar-refractivity contribution in [3.63, 3.8) is 0 Å². The quantitative estimate of drug-likeness (QED) is 0.829. The minimum absolute atomic E-state index is 0.330. The van der Waals surface area contributed by atoms with E-state index >= 15 is 0 Å². The summed E-state index contributed by atoms with van der Waals surface area (Å²) in [5.74, 6) is -0.330. The van der Waals surface area contributed by atoms with Gasteiger partial charge in [-0.2, -0.15) is 5.10 Å². The first-order chi connectivity index (χ1) is 7.85. The number of rotatable bonds is 4. The van der Waals surface area contributed by atoms with Crippen molar-refractivity contribution in [2.24, 2.45) is 0 Å². The minimum Gasteiger partial charge on any atom is -0.468 e. The van der Waals surface area contributed by atoms with Crippen molar-refractivity contribution in [1.82, 2.24) is 15.1 Å². The highest BCUT2D eigenvalue weighted by Crippen LogP contribution is 2.21. The summed E-state index contributed by atoms with van der Waals surface area (Å²) < 4.78 is 6.49. The number of carbonyl (C=O) groups excluding carboxylic acids is 1. The van der Waals surface area contributed by atoms with Gasteiger partial charge in [-0.15, -0.1) is 0 Å². The van der Waals surface area contributed by atoms with E-state index in [2.05, 4.69) is 10.4 Å². The van der Waals surface area contributed by atoms with E-state index in [4.69, 9.17) is 16.3 Å². The molecule has 0 fully saturated rings. The maximum Gasteiger partial charge on any atom is 0.327 e. The molecule has 0 radical (unpaired) electrons. The molecule has 1 N–H and O–H groups in total. The van der Waals surface area contributed by atoms with Gasteiger partial charge in [-0.3, -0.25) is 4.68 Å². The van der Waals surface area contributed by atoms with Crippen LogP contribution in [-0.4, -0.2) is 35.4 Å². The molecule has 6 heteroatoms. The normalized spacial score (nSPS) is 14.5. The van der Waals surface area contributed by atoms with Crippen molar-refractivity contribution < 1.29 is 9.53 Å². The lowest BCUT2D eigenvalue weighted by atomic mass is 10.0. The van der Waals surface area contributed by atoms with Crippen LogP contribution in [0.25, 0.3) is 0 Å². The van der Waals surface area contributed by atoms with E-state index < -0.39 is 5.54 Å². The molecule has 1 unspecified atom stereocenters. The van der Waals surface area contributed by atoms with Gasteiger partial charge in [-0.1, -0.05) is 11.6 Å². The first-order valence-electron chi connectivity index (χ1n) is 5.32. The van der Waals surface area contributed by atoms with Crippen LogP contribution < -0.4 is 5.32 Å². The topological polar surface area (TPSA) is 56.2 Å². The summed E-state index contributed by atoms with van der Waals surface area (Å²) in [5.41, 5.74) is 0.781. The lowest BCUT2D eigenvalue weighted by molar-refractivity contribution is -0.148. The predicted molar refractivity (Wildman–Crippen MR) is 66.2 cm³/mol. The Hall–Kier alpha value is -1.07. The molecular weight excluding hydrogens is 242 g/mol. The molecule has 0 aliphatic carbocycles. The summed E-state index contributed by atoms with van der Waals surface area (Å²) in [6, 6.07) is 0. The Morgan fingerprint density at radius 1 is 1.59 bits per heavy atom. The van der Waals surface area contributed by atoms with Crippen molar-refractivity contribution in [3.05, 3.63) is 16.4 Å². The van der Waals surface area contributed by atoms with E-state index in [1.165, 1.54) is 7.11 Å². The van der Waals surface area contributed by atoms with E-state index in [1.54, 1.807) is 18.7 Å². The van der Waals surface area contributed by atoms with Crippen LogP contribution in [0.3, 0.4) is 0 Å². The summed E-state index contributed by atoms with van der Waals surface area (Å²) in [5, 5.41) is 7.88. The van der Waals surface area contributed by atoms with Gasteiger partial charge >= 0.3 is 5.97 Å². The Bertz CT molecular complexity index is 431. The van der Waals surface area contributed by atoms with Crippen LogP contribution in [0.15, 0.2) is 0 Å². The zero-order chi connectivity index (χ0) is 13.2. The Morgan fingerprint density at radius 3 is 2.53 bits per heavy atom. The molecule has 5 nitrogen and oxygen atoms in total. The molecule has 1 atom stereocenters. The van der Waals surface area contributed by atoms with E-state index in [0.717, 1.165) is 11.4 Å². The maximum absolute atomic E-state index is 11.7. The molecule has 96 valence electrons. The van der Waals surface area contributed by atoms with Crippen LogP contribution in [0.4, 0.5) is 0 Å². The highest BCUT2D eigenvalue weighted by atomic mass is 35.5. The van der Waals surface area contributed by atoms with E-state index in [9.17, 15) is 4.79 Å². The fourth-order valence-electron chi connectivity index (χ4n) is 1.60. The molecule has 0 bridgehead atoms. The SMILES string of the molecule is CNC(C)(Cn1nc(C)c(Cl)c1C)C(=O)OC. The molecule has 1 rings (SSSR count). The van der Waals surface area contributed by atoms with E-state index in [-0.39, 0.29) is 5.97 Å². The first kappa shape index (κ1) is 14.0. The van der Waals surface area contributed by atoms with Crippen LogP contribution in [0.5, 0.6) is 0 Å². The van der Waals surface area contributed by atoms with Gasteiger partial charge in [0.2, 0.25) is 0 Å². The fourth-order valence-corrected chi connectivity index (χ4v) is 1.73. The van der Waals surface area contributed by atoms with Crippen LogP contribution in [-0.2, 0) is 16.1 Å². The second kappa shape index (κ2) is 5.06. The van der Waals surface area contributed by atoms with Crippen LogP contribution in [0.2, 0.25) is 5.02 Å². The lowest BCUT2D eigenvalue weighted by Gasteiger charge is -2.26. The van der Waals surface area contributed by atoms with Crippen LogP contribution >= 0.6 is 11.6 Å². The van der Waals surface area contributed by atoms with Gasteiger partial charge < -0.3 is 10.1 Å². The highest BCUT2D eigenvalue weighted by molar-refractivity contribution is 6.31. The summed E-state index contributed by atoms with van der Waals surface area (Å²) in [4.78, 5) is 11.7. The standard InChI is InChI=1S/C11H18ClN3O2/c1-7-9(12)8(2)15(14-7)6-11(3,13-4)10(16)17-5/h13H,6H2,1-5H3. The second-order valence-corrected chi connectivity index (χ2v) is 4.59. The molecule has 0 saturated heterocycles. The second-order valence-electron chi connectivity index (χ2n) is 4.22. The van der Waals surface area contributed by atoms with Crippen molar-refractivity contribution in [2.45, 2.75) is 32.9 Å². The lowest BCUT2D eigenvalue weighted by Crippen LogP contribution is -2.51. The number of esters is 1. The molecule has 0 aromatic carbocycles. The monoisotopic (exact) mass is 259 g/mol. The predicted octanol–water partition coefficient (Wildman–Crippen LogP) is 1.30. The van der Waals surface area contributed by atoms with Crippen molar-refractivity contribution in [3.8, 4) is 0 Å². The molecule has 1 aromatic rings.